The Bertz CT molecular complexity index is 1870. The summed E-state index contributed by atoms with van der Waals surface area (Å²) in [5.74, 6) is 0. The molecule has 4 aromatic carbocycles. The minimum atomic E-state index is 0. The molecule has 1 aliphatic heterocycles. The minimum absolute atomic E-state index is 0. The van der Waals surface area contributed by atoms with Gasteiger partial charge in [-0.15, -0.1) is 71.8 Å². The van der Waals surface area contributed by atoms with Crippen molar-refractivity contribution in [1.29, 1.82) is 0 Å². The summed E-state index contributed by atoms with van der Waals surface area (Å²) in [7, 11) is 0. The molecule has 1 radical (unpaired) electrons. The van der Waals surface area contributed by atoms with Crippen LogP contribution in [0.15, 0.2) is 163 Å². The van der Waals surface area contributed by atoms with E-state index < -0.39 is 0 Å². The molecule has 0 saturated carbocycles. The van der Waals surface area contributed by atoms with Crippen molar-refractivity contribution in [2.24, 2.45) is 4.99 Å². The first-order valence-electron chi connectivity index (χ1n) is 14.6. The number of fused-ring (bicyclic) bond motifs is 2. The number of aliphatic imine (C=N–C) groups is 1. The molecule has 0 bridgehead atoms. The van der Waals surface area contributed by atoms with E-state index >= 15 is 0 Å². The van der Waals surface area contributed by atoms with Gasteiger partial charge < -0.3 is 9.97 Å². The maximum Gasteiger partial charge on any atom is 0.0953 e. The average molecular weight is 759 g/mol. The normalized spacial score (nSPS) is 13.1. The number of hydrogen-bond donors (Lipinski definition) is 0. The fourth-order valence-corrected chi connectivity index (χ4v) is 5.00. The van der Waals surface area contributed by atoms with E-state index in [1.165, 1.54) is 21.5 Å². The van der Waals surface area contributed by atoms with Gasteiger partial charge in [0, 0.05) is 44.9 Å². The fraction of sp³-hybridized carbons (Fsp3) is 0.0500. The monoisotopic (exact) mass is 759 g/mol. The zero-order valence-electron chi connectivity index (χ0n) is 24.5. The third kappa shape index (κ3) is 8.10. The third-order valence-electron chi connectivity index (χ3n) is 7.15. The number of rotatable bonds is 3. The zero-order chi connectivity index (χ0) is 29.8. The van der Waals surface area contributed by atoms with Crippen LogP contribution in [-0.2, 0) is 20.1 Å². The van der Waals surface area contributed by atoms with Crippen LogP contribution in [0.2, 0.25) is 0 Å². The zero-order valence-corrected chi connectivity index (χ0v) is 26.9. The number of aromatic nitrogens is 3. The van der Waals surface area contributed by atoms with Crippen LogP contribution in [0.1, 0.15) is 18.2 Å². The standard InChI is InChI=1S/2C15H10N.C10H10N2.Ir/c2*1-2-7-13(8-3-1)15-14-9-5-4-6-12(14)10-11-16-15;1-3-7-11-9(5-1)10-6-2-4-8-12-10;/h2*1-7,9-11H;1-5,7-8,10H,6H2;/q2*-1;;. The molecule has 45 heavy (non-hydrogen) atoms. The fourth-order valence-electron chi connectivity index (χ4n) is 5.00. The van der Waals surface area contributed by atoms with E-state index in [9.17, 15) is 0 Å². The molecule has 0 N–H and O–H groups in total. The van der Waals surface area contributed by atoms with Crippen LogP contribution >= 0.6 is 0 Å². The number of dihydropyridines is 1. The summed E-state index contributed by atoms with van der Waals surface area (Å²) in [6.45, 7) is 0. The molecule has 3 aromatic heterocycles. The minimum Gasteiger partial charge on any atom is -0.304 e. The molecule has 0 spiro atoms. The molecule has 0 aliphatic carbocycles. The van der Waals surface area contributed by atoms with Crippen LogP contribution < -0.4 is 0 Å². The van der Waals surface area contributed by atoms with Gasteiger partial charge in [-0.05, 0) is 69.7 Å². The molecule has 0 fully saturated rings. The largest absolute Gasteiger partial charge is 0.304 e. The van der Waals surface area contributed by atoms with Gasteiger partial charge in [-0.2, -0.15) is 0 Å². The maximum atomic E-state index is 4.45. The van der Waals surface area contributed by atoms with Gasteiger partial charge in [0.25, 0.3) is 0 Å². The van der Waals surface area contributed by atoms with Gasteiger partial charge in [0.05, 0.1) is 11.7 Å². The van der Waals surface area contributed by atoms with Crippen LogP contribution in [0, 0.1) is 12.1 Å². The van der Waals surface area contributed by atoms with E-state index in [0.29, 0.717) is 0 Å². The summed E-state index contributed by atoms with van der Waals surface area (Å²) in [6, 6.07) is 49.1. The second-order valence-electron chi connectivity index (χ2n) is 10.0. The number of pyridine rings is 3. The Balaban J connectivity index is 0.000000134. The van der Waals surface area contributed by atoms with Crippen molar-refractivity contribution in [3.05, 3.63) is 176 Å². The first-order valence-corrected chi connectivity index (χ1v) is 14.6. The number of allylic oxidation sites excluding steroid dienone is 1. The summed E-state index contributed by atoms with van der Waals surface area (Å²) in [6.07, 6.45) is 12.4. The first kappa shape index (κ1) is 31.3. The molecule has 0 saturated heterocycles. The average Bonchev–Trinajstić information content (AvgIpc) is 3.13. The molecule has 7 aromatic rings. The summed E-state index contributed by atoms with van der Waals surface area (Å²) in [5.41, 5.74) is 5.13. The van der Waals surface area contributed by atoms with Crippen molar-refractivity contribution < 1.29 is 20.1 Å². The first-order chi connectivity index (χ1) is 21.9. The Labute approximate surface area is 277 Å². The van der Waals surface area contributed by atoms with Gasteiger partial charge in [-0.1, -0.05) is 60.7 Å². The van der Waals surface area contributed by atoms with Crippen molar-refractivity contribution in [2.45, 2.75) is 12.5 Å². The molecule has 0 amide bonds. The van der Waals surface area contributed by atoms with Crippen LogP contribution in [0.5, 0.6) is 0 Å². The van der Waals surface area contributed by atoms with Crippen LogP contribution in [-0.4, -0.2) is 21.2 Å². The van der Waals surface area contributed by atoms with E-state index in [0.717, 1.165) is 34.6 Å². The molecular weight excluding hydrogens is 729 g/mol. The Morgan fingerprint density at radius 3 is 1.58 bits per heavy atom. The SMILES string of the molecule is C1=CCC(c2ccccn2)N=C1.[Ir].[c-]1ccccc1-c1nccc2ccccc12.[c-]1ccccc1-c1nccc2ccccc12. The van der Waals surface area contributed by atoms with E-state index in [2.05, 4.69) is 62.4 Å². The van der Waals surface area contributed by atoms with Crippen LogP contribution in [0.4, 0.5) is 0 Å². The number of nitrogens with zero attached hydrogens (tertiary/aromatic N) is 4. The molecule has 4 nitrogen and oxygen atoms in total. The molecule has 1 unspecified atom stereocenters. The summed E-state index contributed by atoms with van der Waals surface area (Å²) in [5, 5.41) is 4.77. The van der Waals surface area contributed by atoms with Gasteiger partial charge >= 0.3 is 0 Å². The van der Waals surface area contributed by atoms with E-state index in [1.807, 2.05) is 134 Å². The van der Waals surface area contributed by atoms with Crippen molar-refractivity contribution in [3.8, 4) is 22.5 Å². The molecule has 1 atom stereocenters. The second kappa shape index (κ2) is 16.1. The molecular formula is C40H30IrN4-2. The van der Waals surface area contributed by atoms with Crippen molar-refractivity contribution >= 4 is 27.8 Å². The van der Waals surface area contributed by atoms with Crippen molar-refractivity contribution in [1.82, 2.24) is 15.0 Å². The molecule has 4 heterocycles. The Morgan fingerprint density at radius 2 is 1.09 bits per heavy atom. The maximum absolute atomic E-state index is 4.45. The van der Waals surface area contributed by atoms with E-state index in [4.69, 9.17) is 0 Å². The smallest absolute Gasteiger partial charge is 0.0953 e. The summed E-state index contributed by atoms with van der Waals surface area (Å²) < 4.78 is 0. The van der Waals surface area contributed by atoms with E-state index in [1.54, 1.807) is 0 Å². The molecule has 1 aliphatic rings. The quantitative estimate of drug-likeness (QED) is 0.169. The van der Waals surface area contributed by atoms with Gasteiger partial charge in [0.2, 0.25) is 0 Å². The van der Waals surface area contributed by atoms with Gasteiger partial charge in [0.15, 0.2) is 0 Å². The van der Waals surface area contributed by atoms with E-state index in [-0.39, 0.29) is 26.1 Å². The summed E-state index contributed by atoms with van der Waals surface area (Å²) in [4.78, 5) is 17.5. The number of benzene rings is 4. The number of hydrogen-bond acceptors (Lipinski definition) is 4. The molecule has 5 heteroatoms. The van der Waals surface area contributed by atoms with Crippen molar-refractivity contribution in [2.75, 3.05) is 0 Å². The second-order valence-corrected chi connectivity index (χ2v) is 10.0. The van der Waals surface area contributed by atoms with Gasteiger partial charge in [-0.3, -0.25) is 9.98 Å². The Hall–Kier alpha value is -5.09. The van der Waals surface area contributed by atoms with Crippen LogP contribution in [0.25, 0.3) is 44.1 Å². The topological polar surface area (TPSA) is 51.0 Å². The Kier molecular flexibility index (Phi) is 11.2. The third-order valence-corrected chi connectivity index (χ3v) is 7.15. The summed E-state index contributed by atoms with van der Waals surface area (Å²) >= 11 is 0. The molecule has 221 valence electrons. The Morgan fingerprint density at radius 1 is 0.533 bits per heavy atom. The predicted molar refractivity (Wildman–Crippen MR) is 181 cm³/mol. The van der Waals surface area contributed by atoms with Gasteiger partial charge in [-0.25, -0.2) is 0 Å². The predicted octanol–water partition coefficient (Wildman–Crippen LogP) is 9.55. The molecule has 8 rings (SSSR count). The van der Waals surface area contributed by atoms with Crippen LogP contribution in [0.3, 0.4) is 0 Å². The van der Waals surface area contributed by atoms with Gasteiger partial charge in [0.1, 0.15) is 0 Å². The van der Waals surface area contributed by atoms with Crippen molar-refractivity contribution in [3.63, 3.8) is 0 Å².